The van der Waals surface area contributed by atoms with Gasteiger partial charge in [0.2, 0.25) is 11.8 Å². The number of likely N-dealkylation sites (N-methyl/N-ethyl adjacent to an activating group) is 1. The highest BCUT2D eigenvalue weighted by molar-refractivity contribution is 9.10. The molecule has 1 atom stereocenters. The molecule has 0 fully saturated rings. The molecule has 0 heterocycles. The summed E-state index contributed by atoms with van der Waals surface area (Å²) in [4.78, 5) is 27.7. The van der Waals surface area contributed by atoms with E-state index in [2.05, 4.69) is 21.2 Å². The van der Waals surface area contributed by atoms with E-state index < -0.39 is 34.4 Å². The molecular weight excluding hydrogens is 629 g/mol. The smallest absolute Gasteiger partial charge is 0.264 e. The van der Waals surface area contributed by atoms with Gasteiger partial charge in [0.05, 0.1) is 22.2 Å². The van der Waals surface area contributed by atoms with Crippen LogP contribution in [0.4, 0.5) is 5.69 Å². The number of carbonyl (C=O) groups is 2. The number of nitrogens with zero attached hydrogens (tertiary/aromatic N) is 2. The van der Waals surface area contributed by atoms with Crippen LogP contribution in [-0.2, 0) is 26.2 Å². The molecule has 0 aliphatic rings. The fourth-order valence-electron chi connectivity index (χ4n) is 3.82. The fourth-order valence-corrected chi connectivity index (χ4v) is 6.47. The minimum Gasteiger partial charge on any atom is -0.496 e. The van der Waals surface area contributed by atoms with Crippen LogP contribution in [0.2, 0.25) is 10.0 Å². The van der Waals surface area contributed by atoms with E-state index in [-0.39, 0.29) is 17.1 Å². The second-order valence-corrected chi connectivity index (χ2v) is 12.2. The van der Waals surface area contributed by atoms with Crippen molar-refractivity contribution in [2.75, 3.05) is 25.0 Å². The number of rotatable bonds is 10. The van der Waals surface area contributed by atoms with Gasteiger partial charge >= 0.3 is 0 Å². The van der Waals surface area contributed by atoms with Crippen LogP contribution < -0.4 is 14.4 Å². The topological polar surface area (TPSA) is 96.0 Å². The van der Waals surface area contributed by atoms with Gasteiger partial charge in [-0.05, 0) is 72.2 Å². The van der Waals surface area contributed by atoms with Gasteiger partial charge in [-0.15, -0.1) is 0 Å². The van der Waals surface area contributed by atoms with E-state index in [4.69, 9.17) is 27.9 Å². The van der Waals surface area contributed by atoms with Crippen molar-refractivity contribution in [2.45, 2.75) is 31.3 Å². The second kappa shape index (κ2) is 13.0. The Kier molecular flexibility index (Phi) is 10.3. The third-order valence-electron chi connectivity index (χ3n) is 6.12. The summed E-state index contributed by atoms with van der Waals surface area (Å²) in [7, 11) is -1.31. The largest absolute Gasteiger partial charge is 0.496 e. The summed E-state index contributed by atoms with van der Waals surface area (Å²) < 4.78 is 34.5. The quantitative estimate of drug-likeness (QED) is 0.314. The number of aryl methyl sites for hydroxylation is 1. The number of anilines is 1. The van der Waals surface area contributed by atoms with E-state index in [0.29, 0.717) is 25.8 Å². The SMILES string of the molecule is CNC(=O)C(C)N(Cc1c(Cl)cccc1Cl)C(=O)CN(c1ccc(C)cc1)S(=O)(=O)c1ccc(OC)c(Br)c1. The van der Waals surface area contributed by atoms with Gasteiger partial charge in [0.25, 0.3) is 10.0 Å². The third-order valence-corrected chi connectivity index (χ3v) is 9.21. The van der Waals surface area contributed by atoms with Gasteiger partial charge in [0, 0.05) is 29.2 Å². The number of methoxy groups -OCH3 is 1. The predicted octanol–water partition coefficient (Wildman–Crippen LogP) is 5.43. The Morgan fingerprint density at radius 1 is 1.05 bits per heavy atom. The number of hydrogen-bond donors (Lipinski definition) is 1. The Labute approximate surface area is 247 Å². The molecule has 3 rings (SSSR count). The maximum Gasteiger partial charge on any atom is 0.264 e. The number of sulfonamides is 1. The zero-order chi connectivity index (χ0) is 28.9. The molecule has 3 aromatic carbocycles. The van der Waals surface area contributed by atoms with E-state index in [1.54, 1.807) is 49.4 Å². The van der Waals surface area contributed by atoms with Gasteiger partial charge in [-0.25, -0.2) is 8.42 Å². The minimum atomic E-state index is -4.24. The minimum absolute atomic E-state index is 0.0522. The van der Waals surface area contributed by atoms with Gasteiger partial charge in [0.15, 0.2) is 0 Å². The molecular formula is C27H28BrCl2N3O5S. The molecule has 0 aliphatic heterocycles. The summed E-state index contributed by atoms with van der Waals surface area (Å²) in [5, 5.41) is 3.16. The molecule has 0 aliphatic carbocycles. The molecule has 0 bridgehead atoms. The van der Waals surface area contributed by atoms with Crippen molar-refractivity contribution < 1.29 is 22.7 Å². The molecule has 0 aromatic heterocycles. The molecule has 208 valence electrons. The van der Waals surface area contributed by atoms with E-state index in [1.165, 1.54) is 37.3 Å². The van der Waals surface area contributed by atoms with Gasteiger partial charge in [0.1, 0.15) is 18.3 Å². The highest BCUT2D eigenvalue weighted by Crippen LogP contribution is 2.32. The Bertz CT molecular complexity index is 1450. The molecule has 3 aromatic rings. The van der Waals surface area contributed by atoms with Crippen molar-refractivity contribution in [1.82, 2.24) is 10.2 Å². The Morgan fingerprint density at radius 2 is 1.67 bits per heavy atom. The molecule has 0 saturated heterocycles. The number of carbonyl (C=O) groups excluding carboxylic acids is 2. The highest BCUT2D eigenvalue weighted by atomic mass is 79.9. The van der Waals surface area contributed by atoms with Gasteiger partial charge < -0.3 is 15.0 Å². The lowest BCUT2D eigenvalue weighted by molar-refractivity contribution is -0.139. The maximum absolute atomic E-state index is 13.9. The Balaban J connectivity index is 2.08. The number of halogens is 3. The van der Waals surface area contributed by atoms with Crippen LogP contribution >= 0.6 is 39.1 Å². The van der Waals surface area contributed by atoms with Crippen LogP contribution in [0.15, 0.2) is 70.0 Å². The summed E-state index contributed by atoms with van der Waals surface area (Å²) in [6.07, 6.45) is 0. The van der Waals surface area contributed by atoms with Crippen LogP contribution in [-0.4, -0.2) is 51.9 Å². The highest BCUT2D eigenvalue weighted by Gasteiger charge is 2.33. The molecule has 39 heavy (non-hydrogen) atoms. The number of ether oxygens (including phenoxy) is 1. The van der Waals surface area contributed by atoms with E-state index in [9.17, 15) is 18.0 Å². The Hall–Kier alpha value is -2.79. The summed E-state index contributed by atoms with van der Waals surface area (Å²) in [6, 6.07) is 15.0. The van der Waals surface area contributed by atoms with Crippen molar-refractivity contribution in [2.24, 2.45) is 0 Å². The van der Waals surface area contributed by atoms with Gasteiger partial charge in [-0.3, -0.25) is 13.9 Å². The molecule has 1 N–H and O–H groups in total. The molecule has 8 nitrogen and oxygen atoms in total. The molecule has 0 saturated carbocycles. The molecule has 12 heteroatoms. The van der Waals surface area contributed by atoms with Crippen molar-refractivity contribution in [1.29, 1.82) is 0 Å². The summed E-state index contributed by atoms with van der Waals surface area (Å²) >= 11 is 16.1. The first-order valence-electron chi connectivity index (χ1n) is 11.8. The maximum atomic E-state index is 13.9. The molecule has 0 spiro atoms. The average Bonchev–Trinajstić information content (AvgIpc) is 2.91. The van der Waals surface area contributed by atoms with E-state index in [0.717, 1.165) is 9.87 Å². The number of benzene rings is 3. The first-order chi connectivity index (χ1) is 18.4. The van der Waals surface area contributed by atoms with Crippen molar-refractivity contribution in [3.63, 3.8) is 0 Å². The van der Waals surface area contributed by atoms with Gasteiger partial charge in [-0.1, -0.05) is 47.0 Å². The average molecular weight is 657 g/mol. The molecule has 2 amide bonds. The first-order valence-corrected chi connectivity index (χ1v) is 14.8. The van der Waals surface area contributed by atoms with Crippen LogP contribution in [0.1, 0.15) is 18.1 Å². The van der Waals surface area contributed by atoms with Crippen LogP contribution in [0.25, 0.3) is 0 Å². The van der Waals surface area contributed by atoms with Gasteiger partial charge in [-0.2, -0.15) is 0 Å². The predicted molar refractivity (Wildman–Crippen MR) is 157 cm³/mol. The third kappa shape index (κ3) is 7.05. The number of nitrogens with one attached hydrogen (secondary N) is 1. The molecule has 0 radical (unpaired) electrons. The summed E-state index contributed by atoms with van der Waals surface area (Å²) in [5.41, 5.74) is 1.64. The van der Waals surface area contributed by atoms with E-state index >= 15 is 0 Å². The number of hydrogen-bond acceptors (Lipinski definition) is 5. The zero-order valence-corrected chi connectivity index (χ0v) is 25.7. The van der Waals surface area contributed by atoms with Crippen molar-refractivity contribution in [3.05, 3.63) is 86.3 Å². The zero-order valence-electron chi connectivity index (χ0n) is 21.7. The number of amides is 2. The van der Waals surface area contributed by atoms with Crippen molar-refractivity contribution >= 4 is 66.7 Å². The van der Waals surface area contributed by atoms with Crippen LogP contribution in [0.5, 0.6) is 5.75 Å². The lowest BCUT2D eigenvalue weighted by Gasteiger charge is -2.32. The molecule has 1 unspecified atom stereocenters. The van der Waals surface area contributed by atoms with Crippen molar-refractivity contribution in [3.8, 4) is 5.75 Å². The Morgan fingerprint density at radius 3 is 2.21 bits per heavy atom. The second-order valence-electron chi connectivity index (χ2n) is 8.66. The van der Waals surface area contributed by atoms with Crippen LogP contribution in [0, 0.1) is 6.92 Å². The monoisotopic (exact) mass is 655 g/mol. The summed E-state index contributed by atoms with van der Waals surface area (Å²) in [6.45, 7) is 2.72. The fraction of sp³-hybridized carbons (Fsp3) is 0.259. The lowest BCUT2D eigenvalue weighted by Crippen LogP contribution is -2.50. The normalized spacial score (nSPS) is 12.0. The van der Waals surface area contributed by atoms with Crippen LogP contribution in [0.3, 0.4) is 0 Å². The standard InChI is InChI=1S/C27H28BrCl2N3O5S/c1-17-8-10-19(11-9-17)33(39(36,37)20-12-13-25(38-4)22(28)14-20)16-26(34)32(18(2)27(35)31-3)15-21-23(29)6-5-7-24(21)30/h5-14,18H,15-16H2,1-4H3,(H,31,35). The summed E-state index contributed by atoms with van der Waals surface area (Å²) in [5.74, 6) is -0.608. The lowest BCUT2D eigenvalue weighted by atomic mass is 10.1. The first kappa shape index (κ1) is 30.7. The van der Waals surface area contributed by atoms with E-state index in [1.807, 2.05) is 6.92 Å².